The molecule has 0 saturated carbocycles. The lowest BCUT2D eigenvalue weighted by atomic mass is 10.00. The molecule has 1 aromatic carbocycles. The summed E-state index contributed by atoms with van der Waals surface area (Å²) in [6, 6.07) is 4.85. The van der Waals surface area contributed by atoms with E-state index in [1.165, 1.54) is 6.07 Å². The molecule has 98 valence electrons. The molecule has 3 heteroatoms. The minimum atomic E-state index is -0.232. The maximum absolute atomic E-state index is 14.0. The van der Waals surface area contributed by atoms with Gasteiger partial charge in [0.05, 0.1) is 7.11 Å². The molecule has 18 heavy (non-hydrogen) atoms. The molecule has 1 unspecified atom stereocenters. The van der Waals surface area contributed by atoms with Gasteiger partial charge < -0.3 is 10.1 Å². The van der Waals surface area contributed by atoms with Gasteiger partial charge in [-0.2, -0.15) is 0 Å². The summed E-state index contributed by atoms with van der Waals surface area (Å²) >= 11 is 0. The van der Waals surface area contributed by atoms with E-state index in [-0.39, 0.29) is 11.9 Å². The average Bonchev–Trinajstić information content (AvgIpc) is 2.38. The molecule has 1 N–H and O–H groups in total. The number of rotatable bonds is 6. The molecule has 0 saturated heterocycles. The highest BCUT2D eigenvalue weighted by Crippen LogP contribution is 2.30. The first-order valence-corrected chi connectivity index (χ1v) is 6.20. The minimum absolute atomic E-state index is 0.0630. The van der Waals surface area contributed by atoms with E-state index in [0.29, 0.717) is 11.3 Å². The van der Waals surface area contributed by atoms with E-state index in [4.69, 9.17) is 4.74 Å². The van der Waals surface area contributed by atoms with Crippen molar-refractivity contribution < 1.29 is 9.13 Å². The topological polar surface area (TPSA) is 21.3 Å². The zero-order chi connectivity index (χ0) is 13.4. The van der Waals surface area contributed by atoms with Gasteiger partial charge in [-0.1, -0.05) is 13.0 Å². The molecule has 2 nitrogen and oxygen atoms in total. The number of benzene rings is 1. The molecule has 0 heterocycles. The third-order valence-electron chi connectivity index (χ3n) is 2.77. The van der Waals surface area contributed by atoms with E-state index in [0.717, 1.165) is 19.4 Å². The van der Waals surface area contributed by atoms with Crippen molar-refractivity contribution in [2.45, 2.75) is 32.7 Å². The fourth-order valence-electron chi connectivity index (χ4n) is 1.97. The van der Waals surface area contributed by atoms with Crippen LogP contribution < -0.4 is 10.1 Å². The van der Waals surface area contributed by atoms with Crippen molar-refractivity contribution in [3.63, 3.8) is 0 Å². The van der Waals surface area contributed by atoms with Crippen LogP contribution in [-0.2, 0) is 0 Å². The third kappa shape index (κ3) is 3.75. The number of nitrogens with one attached hydrogen (secondary N) is 1. The Labute approximate surface area is 109 Å². The van der Waals surface area contributed by atoms with Crippen molar-refractivity contribution in [2.75, 3.05) is 13.7 Å². The van der Waals surface area contributed by atoms with Crippen LogP contribution in [0.15, 0.2) is 18.2 Å². The summed E-state index contributed by atoms with van der Waals surface area (Å²) in [6.07, 6.45) is 1.51. The van der Waals surface area contributed by atoms with Gasteiger partial charge in [-0.3, -0.25) is 0 Å². The number of hydrogen-bond donors (Lipinski definition) is 1. The van der Waals surface area contributed by atoms with Crippen molar-refractivity contribution >= 4 is 0 Å². The first-order valence-electron chi connectivity index (χ1n) is 6.20. The van der Waals surface area contributed by atoms with Crippen molar-refractivity contribution in [2.24, 2.45) is 0 Å². The highest BCUT2D eigenvalue weighted by atomic mass is 19.1. The van der Waals surface area contributed by atoms with Gasteiger partial charge in [-0.15, -0.1) is 11.8 Å². The molecular weight excluding hydrogens is 229 g/mol. The predicted molar refractivity (Wildman–Crippen MR) is 72.1 cm³/mol. The maximum atomic E-state index is 14.0. The largest absolute Gasteiger partial charge is 0.496 e. The minimum Gasteiger partial charge on any atom is -0.496 e. The van der Waals surface area contributed by atoms with E-state index < -0.39 is 0 Å². The van der Waals surface area contributed by atoms with Crippen molar-refractivity contribution in [3.8, 4) is 17.6 Å². The zero-order valence-electron chi connectivity index (χ0n) is 11.2. The lowest BCUT2D eigenvalue weighted by Crippen LogP contribution is -2.22. The summed E-state index contributed by atoms with van der Waals surface area (Å²) in [5.41, 5.74) is 0.597. The number of halogens is 1. The fraction of sp³-hybridized carbons (Fsp3) is 0.467. The van der Waals surface area contributed by atoms with Crippen molar-refractivity contribution in [1.29, 1.82) is 0 Å². The summed E-state index contributed by atoms with van der Waals surface area (Å²) in [4.78, 5) is 0. The van der Waals surface area contributed by atoms with Gasteiger partial charge in [0.2, 0.25) is 0 Å². The second-order valence-corrected chi connectivity index (χ2v) is 3.93. The Hall–Kier alpha value is -1.53. The monoisotopic (exact) mass is 249 g/mol. The SMILES string of the molecule is CC#CCCC(NCC)c1c(F)cccc1OC. The van der Waals surface area contributed by atoms with E-state index in [9.17, 15) is 4.39 Å². The van der Waals surface area contributed by atoms with Crippen LogP contribution >= 0.6 is 0 Å². The van der Waals surface area contributed by atoms with Crippen molar-refractivity contribution in [1.82, 2.24) is 5.32 Å². The van der Waals surface area contributed by atoms with Crippen LogP contribution in [0.2, 0.25) is 0 Å². The first kappa shape index (κ1) is 14.5. The Balaban J connectivity index is 2.98. The van der Waals surface area contributed by atoms with Gasteiger partial charge in [0.1, 0.15) is 11.6 Å². The summed E-state index contributed by atoms with van der Waals surface area (Å²) in [5, 5.41) is 3.29. The second kappa shape index (κ2) is 7.73. The first-order chi connectivity index (χ1) is 8.74. The molecule has 0 aliphatic carbocycles. The van der Waals surface area contributed by atoms with E-state index in [1.54, 1.807) is 19.2 Å². The lowest BCUT2D eigenvalue weighted by Gasteiger charge is -2.20. The fourth-order valence-corrected chi connectivity index (χ4v) is 1.97. The molecule has 0 aliphatic rings. The molecule has 0 fully saturated rings. The Morgan fingerprint density at radius 3 is 2.83 bits per heavy atom. The van der Waals surface area contributed by atoms with Gasteiger partial charge in [-0.25, -0.2) is 4.39 Å². The summed E-state index contributed by atoms with van der Waals surface area (Å²) in [5.74, 6) is 6.22. The van der Waals surface area contributed by atoms with Crippen LogP contribution in [0.5, 0.6) is 5.75 Å². The van der Waals surface area contributed by atoms with Gasteiger partial charge in [0.15, 0.2) is 0 Å². The van der Waals surface area contributed by atoms with Crippen molar-refractivity contribution in [3.05, 3.63) is 29.6 Å². The molecule has 0 aliphatic heterocycles. The Morgan fingerprint density at radius 2 is 2.22 bits per heavy atom. The summed E-state index contributed by atoms with van der Waals surface area (Å²) in [6.45, 7) is 4.60. The highest BCUT2D eigenvalue weighted by molar-refractivity contribution is 5.37. The number of methoxy groups -OCH3 is 1. The molecule has 1 aromatic rings. The molecule has 0 spiro atoms. The van der Waals surface area contributed by atoms with Crippen LogP contribution in [0.25, 0.3) is 0 Å². The Bertz CT molecular complexity index is 434. The molecule has 0 radical (unpaired) electrons. The van der Waals surface area contributed by atoms with Crippen LogP contribution in [0.1, 0.15) is 38.3 Å². The van der Waals surface area contributed by atoms with Gasteiger partial charge >= 0.3 is 0 Å². The zero-order valence-corrected chi connectivity index (χ0v) is 11.2. The molecule has 1 rings (SSSR count). The maximum Gasteiger partial charge on any atom is 0.131 e. The van der Waals surface area contributed by atoms with E-state index in [2.05, 4.69) is 17.2 Å². The molecule has 0 bridgehead atoms. The smallest absolute Gasteiger partial charge is 0.131 e. The van der Waals surface area contributed by atoms with Crippen LogP contribution in [-0.4, -0.2) is 13.7 Å². The summed E-state index contributed by atoms with van der Waals surface area (Å²) in [7, 11) is 1.56. The number of ether oxygens (including phenoxy) is 1. The predicted octanol–water partition coefficient (Wildman–Crippen LogP) is 3.29. The third-order valence-corrected chi connectivity index (χ3v) is 2.77. The van der Waals surface area contributed by atoms with Gasteiger partial charge in [0.25, 0.3) is 0 Å². The number of hydrogen-bond acceptors (Lipinski definition) is 2. The van der Waals surface area contributed by atoms with Crippen LogP contribution in [0.3, 0.4) is 0 Å². The quantitative estimate of drug-likeness (QED) is 0.781. The Kier molecular flexibility index (Phi) is 6.24. The summed E-state index contributed by atoms with van der Waals surface area (Å²) < 4.78 is 19.2. The molecular formula is C15H20FNO. The highest BCUT2D eigenvalue weighted by Gasteiger charge is 2.18. The molecule has 0 aromatic heterocycles. The average molecular weight is 249 g/mol. The van der Waals surface area contributed by atoms with E-state index >= 15 is 0 Å². The molecule has 0 amide bonds. The van der Waals surface area contributed by atoms with Gasteiger partial charge in [-0.05, 0) is 32.0 Å². The molecule has 1 atom stereocenters. The standard InChI is InChI=1S/C15H20FNO/c1-4-6-7-10-13(17-5-2)15-12(16)9-8-11-14(15)18-3/h8-9,11,13,17H,5,7,10H2,1-3H3. The Morgan fingerprint density at radius 1 is 1.44 bits per heavy atom. The lowest BCUT2D eigenvalue weighted by molar-refractivity contribution is 0.387. The second-order valence-electron chi connectivity index (χ2n) is 3.93. The van der Waals surface area contributed by atoms with Crippen LogP contribution in [0.4, 0.5) is 4.39 Å². The van der Waals surface area contributed by atoms with Gasteiger partial charge in [0, 0.05) is 18.0 Å². The normalized spacial score (nSPS) is 11.6. The van der Waals surface area contributed by atoms with Crippen LogP contribution in [0, 0.1) is 17.7 Å². The van der Waals surface area contributed by atoms with E-state index in [1.807, 2.05) is 13.8 Å².